The first kappa shape index (κ1) is 8.51. The molecular formula is C10H15ClO2. The summed E-state index contributed by atoms with van der Waals surface area (Å²) < 4.78 is 5.77. The molecule has 3 heteroatoms. The summed E-state index contributed by atoms with van der Waals surface area (Å²) in [4.78, 5) is 0. The highest BCUT2D eigenvalue weighted by Gasteiger charge is 2.57. The third-order valence-electron chi connectivity index (χ3n) is 3.85. The quantitative estimate of drug-likeness (QED) is 0.659. The minimum atomic E-state index is -0.820. The van der Waals surface area contributed by atoms with Crippen molar-refractivity contribution in [2.45, 2.75) is 43.5 Å². The van der Waals surface area contributed by atoms with Crippen LogP contribution in [0.5, 0.6) is 0 Å². The van der Waals surface area contributed by atoms with Gasteiger partial charge in [-0.2, -0.15) is 0 Å². The van der Waals surface area contributed by atoms with E-state index in [-0.39, 0.29) is 5.60 Å². The summed E-state index contributed by atoms with van der Waals surface area (Å²) in [5.41, 5.74) is -0.180. The predicted octanol–water partition coefficient (Wildman–Crippen LogP) is 1.89. The number of hydrogen-bond donors (Lipinski definition) is 1. The number of alkyl halides is 1. The minimum absolute atomic E-state index is 0.180. The molecule has 0 aromatic rings. The lowest BCUT2D eigenvalue weighted by Gasteiger charge is -2.59. The predicted molar refractivity (Wildman–Crippen MR) is 49.6 cm³/mol. The summed E-state index contributed by atoms with van der Waals surface area (Å²) in [5.74, 6) is 1.04. The van der Waals surface area contributed by atoms with Crippen LogP contribution in [-0.4, -0.2) is 22.4 Å². The van der Waals surface area contributed by atoms with Crippen LogP contribution in [0.4, 0.5) is 0 Å². The molecule has 0 aromatic heterocycles. The Morgan fingerprint density at radius 1 is 1.23 bits per heavy atom. The zero-order valence-electron chi connectivity index (χ0n) is 7.63. The van der Waals surface area contributed by atoms with Gasteiger partial charge in [-0.15, -0.1) is 11.6 Å². The molecule has 2 aliphatic heterocycles. The standard InChI is InChI=1S/C10H15ClO2/c11-6-9-2-7-1-8(3-9)5-10(12,4-7)13-9/h7-8,12H,1-6H2. The van der Waals surface area contributed by atoms with E-state index >= 15 is 0 Å². The van der Waals surface area contributed by atoms with Gasteiger partial charge in [-0.05, 0) is 31.1 Å². The van der Waals surface area contributed by atoms with Crippen molar-refractivity contribution in [1.82, 2.24) is 0 Å². The molecule has 2 atom stereocenters. The molecule has 2 heterocycles. The number of halogens is 1. The van der Waals surface area contributed by atoms with Gasteiger partial charge in [-0.1, -0.05) is 0 Å². The molecule has 4 fully saturated rings. The number of ether oxygens (including phenoxy) is 1. The van der Waals surface area contributed by atoms with Crippen molar-refractivity contribution in [3.63, 3.8) is 0 Å². The van der Waals surface area contributed by atoms with Crippen LogP contribution in [0.2, 0.25) is 0 Å². The second-order valence-corrected chi connectivity index (χ2v) is 5.42. The maximum Gasteiger partial charge on any atom is 0.166 e. The van der Waals surface area contributed by atoms with Crippen molar-refractivity contribution >= 4 is 11.6 Å². The molecule has 13 heavy (non-hydrogen) atoms. The van der Waals surface area contributed by atoms with E-state index in [0.29, 0.717) is 17.7 Å². The maximum atomic E-state index is 10.1. The highest BCUT2D eigenvalue weighted by molar-refractivity contribution is 6.18. The highest BCUT2D eigenvalue weighted by Crippen LogP contribution is 2.56. The molecule has 0 spiro atoms. The van der Waals surface area contributed by atoms with E-state index < -0.39 is 5.79 Å². The molecule has 0 amide bonds. The summed E-state index contributed by atoms with van der Waals surface area (Å²) in [6, 6.07) is 0. The van der Waals surface area contributed by atoms with Crippen LogP contribution in [0, 0.1) is 11.8 Å². The molecule has 2 saturated heterocycles. The molecule has 4 bridgehead atoms. The Bertz CT molecular complexity index is 227. The van der Waals surface area contributed by atoms with Gasteiger partial charge in [0.25, 0.3) is 0 Å². The number of aliphatic hydroxyl groups is 1. The van der Waals surface area contributed by atoms with Crippen LogP contribution in [0.25, 0.3) is 0 Å². The highest BCUT2D eigenvalue weighted by atomic mass is 35.5. The third kappa shape index (κ3) is 1.15. The Morgan fingerprint density at radius 2 is 1.85 bits per heavy atom. The van der Waals surface area contributed by atoms with Gasteiger partial charge in [-0.25, -0.2) is 0 Å². The lowest BCUT2D eigenvalue weighted by Crippen LogP contribution is -2.61. The Labute approximate surface area is 83.2 Å². The Kier molecular flexibility index (Phi) is 1.58. The molecule has 4 rings (SSSR count). The molecule has 74 valence electrons. The smallest absolute Gasteiger partial charge is 0.166 e. The zero-order valence-corrected chi connectivity index (χ0v) is 8.39. The fourth-order valence-electron chi connectivity index (χ4n) is 3.78. The van der Waals surface area contributed by atoms with Gasteiger partial charge in [0, 0.05) is 12.8 Å². The summed E-state index contributed by atoms with van der Waals surface area (Å²) >= 11 is 5.95. The molecule has 4 aliphatic rings. The van der Waals surface area contributed by atoms with Gasteiger partial charge in [0.2, 0.25) is 0 Å². The number of hydrogen-bond acceptors (Lipinski definition) is 2. The fraction of sp³-hybridized carbons (Fsp3) is 1.00. The van der Waals surface area contributed by atoms with Gasteiger partial charge in [0.05, 0.1) is 11.5 Å². The zero-order chi connectivity index (χ0) is 9.10. The first-order valence-electron chi connectivity index (χ1n) is 5.12. The van der Waals surface area contributed by atoms with Crippen LogP contribution >= 0.6 is 11.6 Å². The Hall–Kier alpha value is 0.210. The SMILES string of the molecule is OC12CC3CC(C1)CC(CCl)(C3)O2. The topological polar surface area (TPSA) is 29.5 Å². The maximum absolute atomic E-state index is 10.1. The second kappa shape index (κ2) is 2.41. The Morgan fingerprint density at radius 3 is 2.31 bits per heavy atom. The molecule has 0 aromatic carbocycles. The van der Waals surface area contributed by atoms with Gasteiger partial charge >= 0.3 is 0 Å². The van der Waals surface area contributed by atoms with E-state index in [0.717, 1.165) is 25.7 Å². The van der Waals surface area contributed by atoms with Crippen molar-refractivity contribution in [1.29, 1.82) is 0 Å². The van der Waals surface area contributed by atoms with Crippen molar-refractivity contribution in [3.05, 3.63) is 0 Å². The van der Waals surface area contributed by atoms with E-state index in [2.05, 4.69) is 0 Å². The molecule has 2 saturated carbocycles. The number of rotatable bonds is 1. The summed E-state index contributed by atoms with van der Waals surface area (Å²) in [6.07, 6.45) is 5.08. The van der Waals surface area contributed by atoms with Gasteiger partial charge in [-0.3, -0.25) is 0 Å². The second-order valence-electron chi connectivity index (χ2n) is 5.15. The van der Waals surface area contributed by atoms with Crippen molar-refractivity contribution in [2.24, 2.45) is 11.8 Å². The summed E-state index contributed by atoms with van der Waals surface area (Å²) in [6.45, 7) is 0. The normalized spacial score (nSPS) is 58.6. The molecular weight excluding hydrogens is 188 g/mol. The molecule has 0 radical (unpaired) electrons. The Balaban J connectivity index is 1.95. The molecule has 2 aliphatic carbocycles. The summed E-state index contributed by atoms with van der Waals surface area (Å²) in [5, 5.41) is 10.1. The van der Waals surface area contributed by atoms with Crippen LogP contribution in [0.15, 0.2) is 0 Å². The van der Waals surface area contributed by atoms with Crippen LogP contribution < -0.4 is 0 Å². The van der Waals surface area contributed by atoms with E-state index in [4.69, 9.17) is 16.3 Å². The van der Waals surface area contributed by atoms with Crippen molar-refractivity contribution < 1.29 is 9.84 Å². The van der Waals surface area contributed by atoms with Gasteiger partial charge < -0.3 is 9.84 Å². The minimum Gasteiger partial charge on any atom is -0.365 e. The monoisotopic (exact) mass is 202 g/mol. The van der Waals surface area contributed by atoms with E-state index in [1.54, 1.807) is 0 Å². The first-order valence-corrected chi connectivity index (χ1v) is 5.65. The lowest BCUT2D eigenvalue weighted by molar-refractivity contribution is -0.349. The van der Waals surface area contributed by atoms with E-state index in [1.807, 2.05) is 0 Å². The van der Waals surface area contributed by atoms with Crippen molar-refractivity contribution in [3.8, 4) is 0 Å². The largest absolute Gasteiger partial charge is 0.365 e. The lowest BCUT2D eigenvalue weighted by atomic mass is 9.61. The summed E-state index contributed by atoms with van der Waals surface area (Å²) in [7, 11) is 0. The molecule has 2 nitrogen and oxygen atoms in total. The van der Waals surface area contributed by atoms with E-state index in [1.165, 1.54) is 6.42 Å². The van der Waals surface area contributed by atoms with Crippen LogP contribution in [0.1, 0.15) is 32.1 Å². The average Bonchev–Trinajstić information content (AvgIpc) is 1.99. The van der Waals surface area contributed by atoms with Crippen LogP contribution in [0.3, 0.4) is 0 Å². The van der Waals surface area contributed by atoms with Gasteiger partial charge in [0.1, 0.15) is 0 Å². The molecule has 2 unspecified atom stereocenters. The van der Waals surface area contributed by atoms with Gasteiger partial charge in [0.15, 0.2) is 5.79 Å². The fourth-order valence-corrected chi connectivity index (χ4v) is 4.05. The van der Waals surface area contributed by atoms with Crippen molar-refractivity contribution in [2.75, 3.05) is 5.88 Å². The first-order chi connectivity index (χ1) is 6.13. The van der Waals surface area contributed by atoms with E-state index in [9.17, 15) is 5.11 Å². The average molecular weight is 203 g/mol. The third-order valence-corrected chi connectivity index (χ3v) is 4.34. The van der Waals surface area contributed by atoms with Crippen LogP contribution in [-0.2, 0) is 4.74 Å². The molecule has 1 N–H and O–H groups in total.